The van der Waals surface area contributed by atoms with Gasteiger partial charge in [0, 0.05) is 6.54 Å². The number of nitrogens with zero attached hydrogens (tertiary/aromatic N) is 3. The van der Waals surface area contributed by atoms with Crippen LogP contribution in [0.15, 0.2) is 6.33 Å². The Balaban J connectivity index is 1.75. The van der Waals surface area contributed by atoms with Crippen molar-refractivity contribution in [1.29, 1.82) is 0 Å². The maximum absolute atomic E-state index is 5.72. The van der Waals surface area contributed by atoms with Crippen LogP contribution in [0.3, 0.4) is 0 Å². The normalized spacial score (nSPS) is 25.2. The lowest BCUT2D eigenvalue weighted by atomic mass is 9.82. The Hall–Kier alpha value is -0.940. The van der Waals surface area contributed by atoms with E-state index in [1.54, 1.807) is 6.33 Å². The monoisotopic (exact) mass is 210 g/mol. The molecule has 1 fully saturated rings. The molecule has 0 spiro atoms. The van der Waals surface area contributed by atoms with E-state index in [1.807, 2.05) is 11.6 Å². The molecular weight excluding hydrogens is 192 g/mol. The van der Waals surface area contributed by atoms with Gasteiger partial charge in [0.15, 0.2) is 5.82 Å². The number of ether oxygens (including phenoxy) is 1. The molecule has 0 atom stereocenters. The van der Waals surface area contributed by atoms with Crippen molar-refractivity contribution in [3.8, 4) is 0 Å². The Morgan fingerprint density at radius 1 is 1.60 bits per heavy atom. The summed E-state index contributed by atoms with van der Waals surface area (Å²) in [5, 5.41) is 4.09. The summed E-state index contributed by atoms with van der Waals surface area (Å²) in [5.41, 5.74) is 5.55. The molecule has 1 heterocycles. The minimum absolute atomic E-state index is 0.376. The van der Waals surface area contributed by atoms with Gasteiger partial charge in [-0.25, -0.2) is 9.67 Å². The van der Waals surface area contributed by atoms with E-state index in [0.717, 1.165) is 31.8 Å². The van der Waals surface area contributed by atoms with Gasteiger partial charge < -0.3 is 10.5 Å². The van der Waals surface area contributed by atoms with Gasteiger partial charge in [-0.15, -0.1) is 0 Å². The zero-order valence-corrected chi connectivity index (χ0v) is 9.09. The average Bonchev–Trinajstić information content (AvgIpc) is 2.63. The number of rotatable bonds is 5. The summed E-state index contributed by atoms with van der Waals surface area (Å²) in [6, 6.07) is 0. The Morgan fingerprint density at radius 2 is 2.40 bits per heavy atom. The summed E-state index contributed by atoms with van der Waals surface area (Å²) in [4.78, 5) is 4.16. The minimum atomic E-state index is 0.376. The maximum atomic E-state index is 5.72. The summed E-state index contributed by atoms with van der Waals surface area (Å²) in [6.07, 6.45) is 4.14. The van der Waals surface area contributed by atoms with Gasteiger partial charge in [0.2, 0.25) is 0 Å². The first-order valence-electron chi connectivity index (χ1n) is 5.51. The van der Waals surface area contributed by atoms with E-state index in [2.05, 4.69) is 10.1 Å². The van der Waals surface area contributed by atoms with E-state index in [0.29, 0.717) is 18.6 Å². The summed E-state index contributed by atoms with van der Waals surface area (Å²) in [6.45, 7) is 4.24. The highest BCUT2D eigenvalue weighted by atomic mass is 16.5. The highest BCUT2D eigenvalue weighted by molar-refractivity contribution is 4.84. The van der Waals surface area contributed by atoms with Crippen molar-refractivity contribution in [3.63, 3.8) is 0 Å². The zero-order valence-electron chi connectivity index (χ0n) is 9.09. The summed E-state index contributed by atoms with van der Waals surface area (Å²) in [7, 11) is 0. The average molecular weight is 210 g/mol. The lowest BCUT2D eigenvalue weighted by Crippen LogP contribution is -2.35. The Bertz CT molecular complexity index is 306. The van der Waals surface area contributed by atoms with Gasteiger partial charge in [-0.3, -0.25) is 0 Å². The van der Waals surface area contributed by atoms with Gasteiger partial charge in [-0.1, -0.05) is 0 Å². The third-order valence-electron chi connectivity index (χ3n) is 2.97. The molecule has 0 unspecified atom stereocenters. The van der Waals surface area contributed by atoms with Gasteiger partial charge >= 0.3 is 0 Å². The van der Waals surface area contributed by atoms with Crippen molar-refractivity contribution in [2.24, 2.45) is 11.7 Å². The molecule has 0 aliphatic heterocycles. The number of nitrogens with two attached hydrogens (primary N) is 1. The number of aryl methyl sites for hydroxylation is 1. The van der Waals surface area contributed by atoms with Crippen molar-refractivity contribution in [1.82, 2.24) is 14.8 Å². The van der Waals surface area contributed by atoms with Crippen LogP contribution < -0.4 is 5.73 Å². The third-order valence-corrected chi connectivity index (χ3v) is 2.97. The van der Waals surface area contributed by atoms with E-state index >= 15 is 0 Å². The van der Waals surface area contributed by atoms with Gasteiger partial charge in [0.25, 0.3) is 0 Å². The SMILES string of the molecule is CCn1ncnc1COC1CC(CN)C1. The summed E-state index contributed by atoms with van der Waals surface area (Å²) in [5.74, 6) is 1.58. The van der Waals surface area contributed by atoms with Gasteiger partial charge in [-0.05, 0) is 32.2 Å². The van der Waals surface area contributed by atoms with Crippen LogP contribution in [0.25, 0.3) is 0 Å². The topological polar surface area (TPSA) is 66.0 Å². The van der Waals surface area contributed by atoms with Crippen LogP contribution in [0.1, 0.15) is 25.6 Å². The van der Waals surface area contributed by atoms with E-state index in [4.69, 9.17) is 10.5 Å². The first-order chi connectivity index (χ1) is 7.33. The largest absolute Gasteiger partial charge is 0.370 e. The summed E-state index contributed by atoms with van der Waals surface area (Å²) < 4.78 is 7.58. The Morgan fingerprint density at radius 3 is 3.07 bits per heavy atom. The van der Waals surface area contributed by atoms with Crippen LogP contribution >= 0.6 is 0 Å². The van der Waals surface area contributed by atoms with Crippen LogP contribution in [0.2, 0.25) is 0 Å². The minimum Gasteiger partial charge on any atom is -0.370 e. The van der Waals surface area contributed by atoms with Gasteiger partial charge in [0.1, 0.15) is 12.9 Å². The van der Waals surface area contributed by atoms with Crippen LogP contribution in [-0.2, 0) is 17.9 Å². The molecule has 1 saturated carbocycles. The molecule has 5 nitrogen and oxygen atoms in total. The quantitative estimate of drug-likeness (QED) is 0.770. The van der Waals surface area contributed by atoms with Crippen molar-refractivity contribution in [3.05, 3.63) is 12.2 Å². The van der Waals surface area contributed by atoms with Gasteiger partial charge in [-0.2, -0.15) is 5.10 Å². The third kappa shape index (κ3) is 2.35. The fourth-order valence-corrected chi connectivity index (χ4v) is 1.86. The molecule has 1 aromatic heterocycles. The lowest BCUT2D eigenvalue weighted by Gasteiger charge is -2.34. The highest BCUT2D eigenvalue weighted by Gasteiger charge is 2.28. The molecule has 1 aromatic rings. The molecule has 1 aliphatic carbocycles. The van der Waals surface area contributed by atoms with Crippen LogP contribution in [0, 0.1) is 5.92 Å². The molecule has 0 saturated heterocycles. The zero-order chi connectivity index (χ0) is 10.7. The molecule has 5 heteroatoms. The second-order valence-electron chi connectivity index (χ2n) is 4.00. The second kappa shape index (κ2) is 4.72. The molecule has 0 amide bonds. The molecule has 2 N–H and O–H groups in total. The molecule has 2 rings (SSSR count). The van der Waals surface area contributed by atoms with Crippen molar-refractivity contribution in [2.45, 2.75) is 39.0 Å². The first-order valence-corrected chi connectivity index (χ1v) is 5.51. The fourth-order valence-electron chi connectivity index (χ4n) is 1.86. The molecule has 15 heavy (non-hydrogen) atoms. The van der Waals surface area contributed by atoms with Gasteiger partial charge in [0.05, 0.1) is 6.10 Å². The van der Waals surface area contributed by atoms with Crippen LogP contribution in [0.4, 0.5) is 0 Å². The molecular formula is C10H18N4O. The highest BCUT2D eigenvalue weighted by Crippen LogP contribution is 2.29. The Kier molecular flexibility index (Phi) is 3.33. The molecule has 0 radical (unpaired) electrons. The van der Waals surface area contributed by atoms with Crippen molar-refractivity contribution >= 4 is 0 Å². The second-order valence-corrected chi connectivity index (χ2v) is 4.00. The Labute approximate surface area is 89.6 Å². The van der Waals surface area contributed by atoms with Crippen LogP contribution in [0.5, 0.6) is 0 Å². The molecule has 84 valence electrons. The van der Waals surface area contributed by atoms with E-state index in [1.165, 1.54) is 0 Å². The predicted molar refractivity (Wildman–Crippen MR) is 56.1 cm³/mol. The molecule has 0 bridgehead atoms. The van der Waals surface area contributed by atoms with Crippen molar-refractivity contribution < 1.29 is 4.74 Å². The fraction of sp³-hybridized carbons (Fsp3) is 0.800. The van der Waals surface area contributed by atoms with E-state index < -0.39 is 0 Å². The predicted octanol–water partition coefficient (Wildman–Crippen LogP) is 0.552. The first kappa shape index (κ1) is 10.6. The smallest absolute Gasteiger partial charge is 0.152 e. The summed E-state index contributed by atoms with van der Waals surface area (Å²) >= 11 is 0. The number of aromatic nitrogens is 3. The number of hydrogen-bond donors (Lipinski definition) is 1. The van der Waals surface area contributed by atoms with Crippen LogP contribution in [-0.4, -0.2) is 27.4 Å². The van der Waals surface area contributed by atoms with E-state index in [-0.39, 0.29) is 0 Å². The number of hydrogen-bond acceptors (Lipinski definition) is 4. The maximum Gasteiger partial charge on any atom is 0.152 e. The van der Waals surface area contributed by atoms with Crippen molar-refractivity contribution in [2.75, 3.05) is 6.54 Å². The standard InChI is InChI=1S/C10H18N4O/c1-2-14-10(12-7-13-14)6-15-9-3-8(4-9)5-11/h7-9H,2-6,11H2,1H3. The molecule has 0 aromatic carbocycles. The molecule has 1 aliphatic rings. The van der Waals surface area contributed by atoms with E-state index in [9.17, 15) is 0 Å². The lowest BCUT2D eigenvalue weighted by molar-refractivity contribution is -0.0411.